The number of nitrogens with one attached hydrogen (secondary N) is 1. The fourth-order valence-corrected chi connectivity index (χ4v) is 2.15. The van der Waals surface area contributed by atoms with Gasteiger partial charge < -0.3 is 14.8 Å². The van der Waals surface area contributed by atoms with E-state index in [4.69, 9.17) is 4.42 Å². The van der Waals surface area contributed by atoms with Crippen LogP contribution in [0, 0.1) is 0 Å². The molecule has 5 heteroatoms. The molecule has 5 nitrogen and oxygen atoms in total. The first-order chi connectivity index (χ1) is 10.6. The molecular weight excluding hydrogens is 282 g/mol. The lowest BCUT2D eigenvalue weighted by Crippen LogP contribution is -2.20. The number of anilines is 1. The van der Waals surface area contributed by atoms with Gasteiger partial charge >= 0.3 is 5.63 Å². The van der Waals surface area contributed by atoms with Crippen molar-refractivity contribution < 1.29 is 14.3 Å². The average molecular weight is 295 g/mol. The number of aliphatic hydroxyl groups excluding tert-OH is 1. The number of benzene rings is 2. The van der Waals surface area contributed by atoms with Gasteiger partial charge in [0.2, 0.25) is 0 Å². The summed E-state index contributed by atoms with van der Waals surface area (Å²) in [6, 6.07) is 16.5. The first-order valence-corrected chi connectivity index (χ1v) is 6.71. The second kappa shape index (κ2) is 5.83. The Morgan fingerprint density at radius 1 is 1.05 bits per heavy atom. The van der Waals surface area contributed by atoms with Crippen LogP contribution < -0.4 is 10.9 Å². The highest BCUT2D eigenvalue weighted by atomic mass is 16.4. The summed E-state index contributed by atoms with van der Waals surface area (Å²) in [5.41, 5.74) is 1.05. The molecule has 0 saturated carbocycles. The van der Waals surface area contributed by atoms with Crippen molar-refractivity contribution >= 4 is 22.6 Å². The molecule has 3 rings (SSSR count). The number of carbonyl (C=O) groups is 1. The Morgan fingerprint density at radius 3 is 2.59 bits per heavy atom. The molecule has 1 amide bonds. The van der Waals surface area contributed by atoms with E-state index in [2.05, 4.69) is 5.32 Å². The van der Waals surface area contributed by atoms with Crippen molar-refractivity contribution in [3.63, 3.8) is 0 Å². The van der Waals surface area contributed by atoms with Crippen molar-refractivity contribution in [3.05, 3.63) is 76.6 Å². The predicted molar refractivity (Wildman–Crippen MR) is 82.5 cm³/mol. The third-order valence-corrected chi connectivity index (χ3v) is 3.25. The van der Waals surface area contributed by atoms with Gasteiger partial charge in [-0.15, -0.1) is 0 Å². The maximum atomic E-state index is 12.1. The molecule has 0 fully saturated rings. The minimum atomic E-state index is -1.24. The maximum absolute atomic E-state index is 12.1. The van der Waals surface area contributed by atoms with Gasteiger partial charge in [-0.05, 0) is 29.8 Å². The van der Waals surface area contributed by atoms with Crippen LogP contribution >= 0.6 is 0 Å². The van der Waals surface area contributed by atoms with Crippen molar-refractivity contribution in [1.29, 1.82) is 0 Å². The van der Waals surface area contributed by atoms with Crippen molar-refractivity contribution in [2.24, 2.45) is 0 Å². The summed E-state index contributed by atoms with van der Waals surface area (Å²) < 4.78 is 5.02. The van der Waals surface area contributed by atoms with Gasteiger partial charge in [0.1, 0.15) is 5.58 Å². The summed E-state index contributed by atoms with van der Waals surface area (Å²) in [5.74, 6) is -0.525. The molecule has 110 valence electrons. The molecule has 1 heterocycles. The lowest BCUT2D eigenvalue weighted by Gasteiger charge is -2.12. The first-order valence-electron chi connectivity index (χ1n) is 6.71. The highest BCUT2D eigenvalue weighted by molar-refractivity contribution is 5.96. The zero-order chi connectivity index (χ0) is 15.5. The van der Waals surface area contributed by atoms with E-state index < -0.39 is 17.6 Å². The van der Waals surface area contributed by atoms with Crippen molar-refractivity contribution in [2.75, 3.05) is 5.32 Å². The Bertz CT molecular complexity index is 870. The van der Waals surface area contributed by atoms with E-state index in [0.29, 0.717) is 22.2 Å². The molecule has 1 aromatic heterocycles. The van der Waals surface area contributed by atoms with Gasteiger partial charge in [-0.2, -0.15) is 0 Å². The fraction of sp³-hybridized carbons (Fsp3) is 0.0588. The Kier molecular flexibility index (Phi) is 3.72. The summed E-state index contributed by atoms with van der Waals surface area (Å²) in [6.07, 6.45) is -1.24. The van der Waals surface area contributed by atoms with Crippen LogP contribution in [0.15, 0.2) is 69.9 Å². The highest BCUT2D eigenvalue weighted by Gasteiger charge is 2.17. The molecule has 0 aliphatic heterocycles. The van der Waals surface area contributed by atoms with E-state index in [-0.39, 0.29) is 0 Å². The van der Waals surface area contributed by atoms with Crippen LogP contribution in [0.2, 0.25) is 0 Å². The molecule has 1 unspecified atom stereocenters. The summed E-state index contributed by atoms with van der Waals surface area (Å²) in [5, 5.41) is 13.4. The topological polar surface area (TPSA) is 79.5 Å². The largest absolute Gasteiger partial charge is 0.423 e. The number of hydrogen-bond donors (Lipinski definition) is 2. The Morgan fingerprint density at radius 2 is 1.82 bits per heavy atom. The van der Waals surface area contributed by atoms with Gasteiger partial charge in [-0.3, -0.25) is 4.79 Å². The molecule has 0 aliphatic carbocycles. The van der Waals surface area contributed by atoms with E-state index in [9.17, 15) is 14.7 Å². The minimum absolute atomic E-state index is 0.427. The zero-order valence-corrected chi connectivity index (χ0v) is 11.5. The SMILES string of the molecule is O=C(Nc1ccc2oc(=O)ccc2c1)C(O)c1ccccc1. The molecule has 1 atom stereocenters. The monoisotopic (exact) mass is 295 g/mol. The summed E-state index contributed by atoms with van der Waals surface area (Å²) in [4.78, 5) is 23.2. The molecule has 2 aromatic carbocycles. The summed E-state index contributed by atoms with van der Waals surface area (Å²) in [6.45, 7) is 0. The lowest BCUT2D eigenvalue weighted by atomic mass is 10.1. The molecule has 0 spiro atoms. The van der Waals surface area contributed by atoms with Crippen LogP contribution in [0.1, 0.15) is 11.7 Å². The second-order valence-electron chi connectivity index (χ2n) is 4.81. The molecule has 0 radical (unpaired) electrons. The Labute approximate surface area is 125 Å². The maximum Gasteiger partial charge on any atom is 0.336 e. The summed E-state index contributed by atoms with van der Waals surface area (Å²) >= 11 is 0. The van der Waals surface area contributed by atoms with Crippen LogP contribution in [0.4, 0.5) is 5.69 Å². The Balaban J connectivity index is 1.82. The van der Waals surface area contributed by atoms with Gasteiger partial charge in [-0.1, -0.05) is 30.3 Å². The third kappa shape index (κ3) is 2.89. The Hall–Kier alpha value is -2.92. The molecule has 0 saturated heterocycles. The quantitative estimate of drug-likeness (QED) is 0.727. The molecule has 2 N–H and O–H groups in total. The number of rotatable bonds is 3. The predicted octanol–water partition coefficient (Wildman–Crippen LogP) is 2.47. The average Bonchev–Trinajstić information content (AvgIpc) is 2.55. The van der Waals surface area contributed by atoms with E-state index in [1.54, 1.807) is 48.5 Å². The van der Waals surface area contributed by atoms with E-state index in [1.165, 1.54) is 6.07 Å². The van der Waals surface area contributed by atoms with Crippen molar-refractivity contribution in [3.8, 4) is 0 Å². The van der Waals surface area contributed by atoms with E-state index in [1.807, 2.05) is 6.07 Å². The van der Waals surface area contributed by atoms with Crippen LogP contribution in [0.25, 0.3) is 11.0 Å². The normalized spacial score (nSPS) is 12.0. The molecule has 0 bridgehead atoms. The van der Waals surface area contributed by atoms with Crippen LogP contribution in [-0.4, -0.2) is 11.0 Å². The van der Waals surface area contributed by atoms with Gasteiger partial charge in [0.05, 0.1) is 0 Å². The van der Waals surface area contributed by atoms with Gasteiger partial charge in [0.25, 0.3) is 5.91 Å². The van der Waals surface area contributed by atoms with Gasteiger partial charge in [0, 0.05) is 17.1 Å². The lowest BCUT2D eigenvalue weighted by molar-refractivity contribution is -0.124. The smallest absolute Gasteiger partial charge is 0.336 e. The zero-order valence-electron chi connectivity index (χ0n) is 11.5. The minimum Gasteiger partial charge on any atom is -0.423 e. The van der Waals surface area contributed by atoms with E-state index in [0.717, 1.165) is 0 Å². The standard InChI is InChI=1S/C17H13NO4/c19-15-9-6-12-10-13(7-8-14(12)22-15)18-17(21)16(20)11-4-2-1-3-5-11/h1-10,16,20H,(H,18,21). The number of aliphatic hydroxyl groups is 1. The van der Waals surface area contributed by atoms with Gasteiger partial charge in [-0.25, -0.2) is 4.79 Å². The number of fused-ring (bicyclic) bond motifs is 1. The van der Waals surface area contributed by atoms with Crippen molar-refractivity contribution in [1.82, 2.24) is 0 Å². The molecule has 22 heavy (non-hydrogen) atoms. The summed E-state index contributed by atoms with van der Waals surface area (Å²) in [7, 11) is 0. The first kappa shape index (κ1) is 14.0. The molecule has 3 aromatic rings. The van der Waals surface area contributed by atoms with Crippen LogP contribution in [0.3, 0.4) is 0 Å². The van der Waals surface area contributed by atoms with Crippen molar-refractivity contribution in [2.45, 2.75) is 6.10 Å². The third-order valence-electron chi connectivity index (χ3n) is 3.25. The fourth-order valence-electron chi connectivity index (χ4n) is 2.15. The second-order valence-corrected chi connectivity index (χ2v) is 4.81. The number of amides is 1. The molecular formula is C17H13NO4. The van der Waals surface area contributed by atoms with Crippen LogP contribution in [-0.2, 0) is 4.79 Å². The molecule has 0 aliphatic rings. The van der Waals surface area contributed by atoms with Gasteiger partial charge in [0.15, 0.2) is 6.10 Å². The highest BCUT2D eigenvalue weighted by Crippen LogP contribution is 2.20. The number of hydrogen-bond acceptors (Lipinski definition) is 4. The number of carbonyl (C=O) groups excluding carboxylic acids is 1. The van der Waals surface area contributed by atoms with E-state index >= 15 is 0 Å². The van der Waals surface area contributed by atoms with Crippen LogP contribution in [0.5, 0.6) is 0 Å².